The van der Waals surface area contributed by atoms with E-state index in [0.717, 1.165) is 0 Å². The van der Waals surface area contributed by atoms with E-state index in [0.29, 0.717) is 0 Å². The number of fused-ring (bicyclic) bond motifs is 1. The maximum absolute atomic E-state index is 12.5. The molecule has 2 aromatic rings. The molecule has 0 bridgehead atoms. The van der Waals surface area contributed by atoms with Crippen molar-refractivity contribution in [1.82, 2.24) is 15.0 Å². The van der Waals surface area contributed by atoms with Crippen LogP contribution in [0.2, 0.25) is 5.15 Å². The number of aromatic nitrogens is 3. The van der Waals surface area contributed by atoms with Crippen molar-refractivity contribution in [3.8, 4) is 5.88 Å². The lowest BCUT2D eigenvalue weighted by Crippen LogP contribution is -2.10. The van der Waals surface area contributed by atoms with Gasteiger partial charge in [-0.2, -0.15) is 13.2 Å². The fourth-order valence-electron chi connectivity index (χ4n) is 1.21. The third-order valence-corrected chi connectivity index (χ3v) is 2.22. The van der Waals surface area contributed by atoms with Crippen molar-refractivity contribution in [2.75, 3.05) is 7.11 Å². The second-order valence-electron chi connectivity index (χ2n) is 3.08. The molecule has 0 N–H and O–H groups in total. The minimum absolute atomic E-state index is 0.0218. The normalized spacial score (nSPS) is 11.8. The maximum Gasteiger partial charge on any atom is 0.436 e. The van der Waals surface area contributed by atoms with Gasteiger partial charge >= 0.3 is 6.18 Å². The zero-order valence-electron chi connectivity index (χ0n) is 8.42. The van der Waals surface area contributed by atoms with E-state index in [1.54, 1.807) is 0 Å². The van der Waals surface area contributed by atoms with Gasteiger partial charge in [-0.1, -0.05) is 11.6 Å². The average Bonchev–Trinajstić information content (AvgIpc) is 2.26. The van der Waals surface area contributed by atoms with E-state index < -0.39 is 17.0 Å². The van der Waals surface area contributed by atoms with E-state index in [9.17, 15) is 13.2 Å². The smallest absolute Gasteiger partial charge is 0.436 e. The second kappa shape index (κ2) is 3.99. The maximum atomic E-state index is 12.5. The highest BCUT2D eigenvalue weighted by atomic mass is 35.5. The van der Waals surface area contributed by atoms with Crippen LogP contribution in [0, 0.1) is 0 Å². The number of halogens is 4. The monoisotopic (exact) mass is 263 g/mol. The van der Waals surface area contributed by atoms with Gasteiger partial charge < -0.3 is 4.74 Å². The summed E-state index contributed by atoms with van der Waals surface area (Å²) in [6, 6.07) is 1.26. The van der Waals surface area contributed by atoms with E-state index in [1.165, 1.54) is 19.4 Å². The third kappa shape index (κ3) is 2.23. The largest absolute Gasteiger partial charge is 0.481 e. The number of hydrogen-bond acceptors (Lipinski definition) is 4. The van der Waals surface area contributed by atoms with Crippen LogP contribution in [0.25, 0.3) is 11.0 Å². The quantitative estimate of drug-likeness (QED) is 0.794. The predicted molar refractivity (Wildman–Crippen MR) is 53.9 cm³/mol. The number of methoxy groups -OCH3 is 1. The molecule has 0 fully saturated rings. The number of ether oxygens (including phenoxy) is 1. The molecular weight excluding hydrogens is 259 g/mol. The number of alkyl halides is 3. The van der Waals surface area contributed by atoms with Crippen LogP contribution in [0.15, 0.2) is 12.3 Å². The summed E-state index contributed by atoms with van der Waals surface area (Å²) in [6.07, 6.45) is -3.40. The molecule has 17 heavy (non-hydrogen) atoms. The number of nitrogens with zero attached hydrogens (tertiary/aromatic N) is 3. The molecule has 0 atom stereocenters. The summed E-state index contributed by atoms with van der Waals surface area (Å²) in [5.74, 6) is 0.155. The number of pyridine rings is 1. The van der Waals surface area contributed by atoms with Crippen LogP contribution in [-0.2, 0) is 6.18 Å². The molecule has 0 radical (unpaired) electrons. The van der Waals surface area contributed by atoms with E-state index >= 15 is 0 Å². The van der Waals surface area contributed by atoms with Crippen LogP contribution in [0.3, 0.4) is 0 Å². The minimum atomic E-state index is -4.64. The van der Waals surface area contributed by atoms with Crippen molar-refractivity contribution in [3.63, 3.8) is 0 Å². The molecule has 0 aromatic carbocycles. The van der Waals surface area contributed by atoms with Gasteiger partial charge in [0.05, 0.1) is 18.8 Å². The fraction of sp³-hybridized carbons (Fsp3) is 0.222. The predicted octanol–water partition coefficient (Wildman–Crippen LogP) is 2.71. The van der Waals surface area contributed by atoms with E-state index in [2.05, 4.69) is 15.0 Å². The first-order valence-electron chi connectivity index (χ1n) is 4.36. The molecule has 0 spiro atoms. The molecule has 2 heterocycles. The fourth-order valence-corrected chi connectivity index (χ4v) is 1.45. The highest BCUT2D eigenvalue weighted by Gasteiger charge is 2.36. The van der Waals surface area contributed by atoms with E-state index in [4.69, 9.17) is 16.3 Å². The number of hydrogen-bond donors (Lipinski definition) is 0. The summed E-state index contributed by atoms with van der Waals surface area (Å²) in [5.41, 5.74) is -1.03. The highest BCUT2D eigenvalue weighted by molar-refractivity contribution is 6.30. The van der Waals surface area contributed by atoms with Crippen LogP contribution in [-0.4, -0.2) is 22.1 Å². The molecule has 0 aliphatic rings. The summed E-state index contributed by atoms with van der Waals surface area (Å²) in [5, 5.41) is -0.697. The van der Waals surface area contributed by atoms with Gasteiger partial charge in [0.15, 0.2) is 10.8 Å². The van der Waals surface area contributed by atoms with Crippen LogP contribution < -0.4 is 4.74 Å². The molecule has 2 aromatic heterocycles. The van der Waals surface area contributed by atoms with Gasteiger partial charge in [0, 0.05) is 6.07 Å². The number of rotatable bonds is 1. The first-order valence-corrected chi connectivity index (χ1v) is 4.74. The Morgan fingerprint density at radius 3 is 2.53 bits per heavy atom. The van der Waals surface area contributed by atoms with Crippen LogP contribution in [0.1, 0.15) is 5.69 Å². The SMILES string of the molecule is COc1cc2nc(C(F)(F)F)c(Cl)nc2cn1. The highest BCUT2D eigenvalue weighted by Crippen LogP contribution is 2.33. The Morgan fingerprint density at radius 2 is 1.94 bits per heavy atom. The molecular formula is C9H5ClF3N3O. The van der Waals surface area contributed by atoms with Gasteiger partial charge in [0.1, 0.15) is 5.52 Å². The van der Waals surface area contributed by atoms with Gasteiger partial charge in [-0.05, 0) is 0 Å². The molecule has 90 valence electrons. The van der Waals surface area contributed by atoms with Gasteiger partial charge in [-0.25, -0.2) is 15.0 Å². The molecule has 0 aliphatic heterocycles. The Morgan fingerprint density at radius 1 is 1.24 bits per heavy atom. The van der Waals surface area contributed by atoms with Crippen molar-refractivity contribution in [2.24, 2.45) is 0 Å². The van der Waals surface area contributed by atoms with Crippen LogP contribution in [0.4, 0.5) is 13.2 Å². The molecule has 0 amide bonds. The van der Waals surface area contributed by atoms with Gasteiger partial charge in [0.25, 0.3) is 0 Å². The molecule has 2 rings (SSSR count). The Balaban J connectivity index is 2.69. The Hall–Kier alpha value is -1.63. The Labute approximate surface area is 98.4 Å². The Kier molecular flexibility index (Phi) is 2.78. The van der Waals surface area contributed by atoms with E-state index in [-0.39, 0.29) is 16.9 Å². The summed E-state index contributed by atoms with van der Waals surface area (Å²) < 4.78 is 42.4. The van der Waals surface area contributed by atoms with Crippen molar-refractivity contribution in [1.29, 1.82) is 0 Å². The lowest BCUT2D eigenvalue weighted by molar-refractivity contribution is -0.141. The van der Waals surface area contributed by atoms with Crippen molar-refractivity contribution in [3.05, 3.63) is 23.1 Å². The second-order valence-corrected chi connectivity index (χ2v) is 3.43. The first kappa shape index (κ1) is 11.8. The van der Waals surface area contributed by atoms with Crippen molar-refractivity contribution < 1.29 is 17.9 Å². The van der Waals surface area contributed by atoms with Gasteiger partial charge in [-0.15, -0.1) is 0 Å². The standard InChI is InChI=1S/C9H5ClF3N3O/c1-17-6-2-4-5(3-14-6)16-8(10)7(15-4)9(11,12)13/h2-3H,1H3. The van der Waals surface area contributed by atoms with E-state index in [1.807, 2.05) is 0 Å². The topological polar surface area (TPSA) is 47.9 Å². The third-order valence-electron chi connectivity index (χ3n) is 1.96. The van der Waals surface area contributed by atoms with Gasteiger partial charge in [0.2, 0.25) is 5.88 Å². The van der Waals surface area contributed by atoms with Crippen molar-refractivity contribution in [2.45, 2.75) is 6.18 Å². The first-order chi connectivity index (χ1) is 7.91. The zero-order valence-corrected chi connectivity index (χ0v) is 9.17. The summed E-state index contributed by atoms with van der Waals surface area (Å²) in [7, 11) is 1.35. The van der Waals surface area contributed by atoms with Crippen molar-refractivity contribution >= 4 is 22.6 Å². The lowest BCUT2D eigenvalue weighted by atomic mass is 10.3. The Bertz CT molecular complexity index is 573. The van der Waals surface area contributed by atoms with Crippen LogP contribution >= 0.6 is 11.6 Å². The summed E-state index contributed by atoms with van der Waals surface area (Å²) in [6.45, 7) is 0. The molecule has 4 nitrogen and oxygen atoms in total. The zero-order chi connectivity index (χ0) is 12.6. The average molecular weight is 264 g/mol. The minimum Gasteiger partial charge on any atom is -0.481 e. The van der Waals surface area contributed by atoms with Crippen LogP contribution in [0.5, 0.6) is 5.88 Å². The molecule has 0 unspecified atom stereocenters. The van der Waals surface area contributed by atoms with Gasteiger partial charge in [-0.3, -0.25) is 0 Å². The molecule has 0 saturated heterocycles. The molecule has 0 aliphatic carbocycles. The summed E-state index contributed by atoms with van der Waals surface area (Å²) >= 11 is 5.41. The molecule has 8 heteroatoms. The lowest BCUT2D eigenvalue weighted by Gasteiger charge is -2.08. The molecule has 0 saturated carbocycles. The summed E-state index contributed by atoms with van der Waals surface area (Å²) in [4.78, 5) is 10.8.